The van der Waals surface area contributed by atoms with Crippen molar-refractivity contribution in [1.82, 2.24) is 24.5 Å². The van der Waals surface area contributed by atoms with E-state index in [4.69, 9.17) is 0 Å². The van der Waals surface area contributed by atoms with Crippen molar-refractivity contribution in [2.24, 2.45) is 5.92 Å². The van der Waals surface area contributed by atoms with Gasteiger partial charge in [-0.15, -0.1) is 5.10 Å². The molecular formula is C18H25N5O. The van der Waals surface area contributed by atoms with Crippen molar-refractivity contribution in [3.63, 3.8) is 0 Å². The molecule has 0 unspecified atom stereocenters. The molecule has 2 fully saturated rings. The first-order valence-electron chi connectivity index (χ1n) is 9.22. The van der Waals surface area contributed by atoms with Crippen LogP contribution in [0, 0.1) is 12.8 Å². The maximum atomic E-state index is 12.9. The minimum absolute atomic E-state index is 0.0294. The van der Waals surface area contributed by atoms with Gasteiger partial charge in [0.2, 0.25) is 5.82 Å². The highest BCUT2D eigenvalue weighted by molar-refractivity contribution is 5.91. The first kappa shape index (κ1) is 15.5. The molecule has 0 spiro atoms. The predicted molar refractivity (Wildman–Crippen MR) is 90.8 cm³/mol. The average molecular weight is 327 g/mol. The fourth-order valence-corrected chi connectivity index (χ4v) is 4.28. The van der Waals surface area contributed by atoms with Crippen LogP contribution in [0.1, 0.15) is 67.7 Å². The summed E-state index contributed by atoms with van der Waals surface area (Å²) in [6.45, 7) is 2.78. The summed E-state index contributed by atoms with van der Waals surface area (Å²) in [5.74, 6) is 1.54. The van der Waals surface area contributed by atoms with E-state index in [1.54, 1.807) is 10.7 Å². The van der Waals surface area contributed by atoms with Crippen molar-refractivity contribution in [2.45, 2.75) is 64.3 Å². The quantitative estimate of drug-likeness (QED) is 0.869. The number of amides is 1. The van der Waals surface area contributed by atoms with E-state index in [0.717, 1.165) is 37.4 Å². The van der Waals surface area contributed by atoms with Crippen molar-refractivity contribution in [1.29, 1.82) is 0 Å². The lowest BCUT2D eigenvalue weighted by atomic mass is 9.84. The number of nitrogens with zero attached hydrogens (tertiary/aromatic N) is 5. The number of hydrogen-bond acceptors (Lipinski definition) is 4. The monoisotopic (exact) mass is 327 g/mol. The van der Waals surface area contributed by atoms with E-state index in [-0.39, 0.29) is 11.7 Å². The molecule has 0 aromatic carbocycles. The van der Waals surface area contributed by atoms with E-state index < -0.39 is 0 Å². The number of carbonyl (C=O) groups excluding carboxylic acids is 1. The van der Waals surface area contributed by atoms with Crippen LogP contribution < -0.4 is 0 Å². The number of rotatable bonds is 3. The number of likely N-dealkylation sites (tertiary alicyclic amines) is 1. The van der Waals surface area contributed by atoms with Crippen LogP contribution in [0.5, 0.6) is 0 Å². The molecule has 2 aromatic rings. The first-order chi connectivity index (χ1) is 11.7. The smallest absolute Gasteiger partial charge is 0.293 e. The number of fused-ring (bicyclic) bond motifs is 1. The zero-order valence-electron chi connectivity index (χ0n) is 14.3. The van der Waals surface area contributed by atoms with Gasteiger partial charge in [0, 0.05) is 24.5 Å². The van der Waals surface area contributed by atoms with Crippen molar-refractivity contribution >= 4 is 11.7 Å². The van der Waals surface area contributed by atoms with Crippen LogP contribution >= 0.6 is 0 Å². The molecule has 2 aromatic heterocycles. The number of aromatic nitrogens is 4. The second-order valence-corrected chi connectivity index (χ2v) is 7.27. The van der Waals surface area contributed by atoms with Gasteiger partial charge in [-0.25, -0.2) is 9.50 Å². The maximum Gasteiger partial charge on any atom is 0.293 e. The van der Waals surface area contributed by atoms with Gasteiger partial charge < -0.3 is 4.90 Å². The van der Waals surface area contributed by atoms with Gasteiger partial charge >= 0.3 is 0 Å². The molecule has 0 radical (unpaired) electrons. The summed E-state index contributed by atoms with van der Waals surface area (Å²) in [6.07, 6.45) is 11.8. The summed E-state index contributed by atoms with van der Waals surface area (Å²) in [5, 5.41) is 4.39. The normalized spacial score (nSPS) is 22.4. The minimum atomic E-state index is -0.0294. The second kappa shape index (κ2) is 6.49. The molecule has 6 nitrogen and oxygen atoms in total. The van der Waals surface area contributed by atoms with Crippen LogP contribution in [-0.4, -0.2) is 43.0 Å². The van der Waals surface area contributed by atoms with Gasteiger partial charge in [-0.1, -0.05) is 32.1 Å². The molecule has 1 saturated heterocycles. The highest BCUT2D eigenvalue weighted by atomic mass is 16.2. The summed E-state index contributed by atoms with van der Waals surface area (Å²) < 4.78 is 1.65. The molecule has 1 atom stereocenters. The molecule has 1 aliphatic carbocycles. The minimum Gasteiger partial charge on any atom is -0.333 e. The van der Waals surface area contributed by atoms with Gasteiger partial charge in [-0.05, 0) is 38.2 Å². The van der Waals surface area contributed by atoms with Gasteiger partial charge in [0.15, 0.2) is 0 Å². The van der Waals surface area contributed by atoms with Crippen molar-refractivity contribution < 1.29 is 4.79 Å². The standard InChI is InChI=1S/C18H25N5O/c1-13-9-10-19-18-20-16(21-23(13)18)17(24)22-11-5-8-15(22)12-14-6-3-2-4-7-14/h9-10,14-15H,2-8,11-12H2,1H3/t15-/m0/s1. The van der Waals surface area contributed by atoms with E-state index in [1.165, 1.54) is 32.1 Å². The Bertz CT molecular complexity index is 734. The largest absolute Gasteiger partial charge is 0.333 e. The third-order valence-electron chi connectivity index (χ3n) is 5.59. The molecule has 1 amide bonds. The molecule has 24 heavy (non-hydrogen) atoms. The molecule has 6 heteroatoms. The third-order valence-corrected chi connectivity index (χ3v) is 5.59. The van der Waals surface area contributed by atoms with Crippen molar-refractivity contribution in [3.8, 4) is 0 Å². The summed E-state index contributed by atoms with van der Waals surface area (Å²) >= 11 is 0. The van der Waals surface area contributed by atoms with Crippen LogP contribution in [0.4, 0.5) is 0 Å². The van der Waals surface area contributed by atoms with Gasteiger partial charge in [-0.2, -0.15) is 4.98 Å². The Hall–Kier alpha value is -1.98. The highest BCUT2D eigenvalue weighted by Crippen LogP contribution is 2.32. The molecule has 2 aliphatic rings. The Morgan fingerprint density at radius 3 is 2.83 bits per heavy atom. The molecule has 1 saturated carbocycles. The fourth-order valence-electron chi connectivity index (χ4n) is 4.28. The van der Waals surface area contributed by atoms with Gasteiger partial charge in [0.1, 0.15) is 0 Å². The Kier molecular flexibility index (Phi) is 4.21. The van der Waals surface area contributed by atoms with Crippen LogP contribution in [0.3, 0.4) is 0 Å². The lowest BCUT2D eigenvalue weighted by molar-refractivity contribution is 0.0699. The zero-order valence-corrected chi connectivity index (χ0v) is 14.3. The molecule has 1 aliphatic heterocycles. The lowest BCUT2D eigenvalue weighted by Gasteiger charge is -2.29. The SMILES string of the molecule is Cc1ccnc2nc(C(=O)N3CCC[C@H]3CC3CCCCC3)nn12. The van der Waals surface area contributed by atoms with E-state index in [9.17, 15) is 4.79 Å². The van der Waals surface area contributed by atoms with E-state index >= 15 is 0 Å². The maximum absolute atomic E-state index is 12.9. The summed E-state index contributed by atoms with van der Waals surface area (Å²) in [6, 6.07) is 2.23. The summed E-state index contributed by atoms with van der Waals surface area (Å²) in [7, 11) is 0. The van der Waals surface area contributed by atoms with Crippen molar-refractivity contribution in [3.05, 3.63) is 23.8 Å². The summed E-state index contributed by atoms with van der Waals surface area (Å²) in [4.78, 5) is 23.5. The second-order valence-electron chi connectivity index (χ2n) is 7.27. The molecular weight excluding hydrogens is 302 g/mol. The fraction of sp³-hybridized carbons (Fsp3) is 0.667. The van der Waals surface area contributed by atoms with E-state index in [1.807, 2.05) is 17.9 Å². The molecule has 0 N–H and O–H groups in total. The zero-order chi connectivity index (χ0) is 16.5. The Balaban J connectivity index is 1.52. The number of hydrogen-bond donors (Lipinski definition) is 0. The lowest BCUT2D eigenvalue weighted by Crippen LogP contribution is -2.37. The Morgan fingerprint density at radius 2 is 2.04 bits per heavy atom. The van der Waals surface area contributed by atoms with Crippen LogP contribution in [0.2, 0.25) is 0 Å². The molecule has 4 rings (SSSR count). The van der Waals surface area contributed by atoms with Gasteiger partial charge in [-0.3, -0.25) is 4.79 Å². The van der Waals surface area contributed by atoms with Crippen LogP contribution in [-0.2, 0) is 0 Å². The topological polar surface area (TPSA) is 63.4 Å². The predicted octanol–water partition coefficient (Wildman–Crippen LogP) is 3.01. The molecule has 3 heterocycles. The summed E-state index contributed by atoms with van der Waals surface area (Å²) in [5.41, 5.74) is 0.937. The van der Waals surface area contributed by atoms with Crippen molar-refractivity contribution in [2.75, 3.05) is 6.54 Å². The number of carbonyl (C=O) groups is 1. The van der Waals surface area contributed by atoms with E-state index in [2.05, 4.69) is 15.1 Å². The Morgan fingerprint density at radius 1 is 1.21 bits per heavy atom. The molecule has 128 valence electrons. The van der Waals surface area contributed by atoms with Crippen LogP contribution in [0.15, 0.2) is 12.3 Å². The van der Waals surface area contributed by atoms with Crippen LogP contribution in [0.25, 0.3) is 5.78 Å². The molecule has 0 bridgehead atoms. The number of aryl methyl sites for hydroxylation is 1. The van der Waals surface area contributed by atoms with Gasteiger partial charge in [0.05, 0.1) is 0 Å². The average Bonchev–Trinajstić information content (AvgIpc) is 3.23. The highest BCUT2D eigenvalue weighted by Gasteiger charge is 2.33. The first-order valence-corrected chi connectivity index (χ1v) is 9.22. The Labute approximate surface area is 142 Å². The van der Waals surface area contributed by atoms with Gasteiger partial charge in [0.25, 0.3) is 11.7 Å². The third kappa shape index (κ3) is 2.89. The van der Waals surface area contributed by atoms with E-state index in [0.29, 0.717) is 11.8 Å².